The van der Waals surface area contributed by atoms with Gasteiger partial charge < -0.3 is 10.6 Å². The van der Waals surface area contributed by atoms with Gasteiger partial charge in [0.1, 0.15) is 0 Å². The second kappa shape index (κ2) is 4.56. The number of nitrogens with zero attached hydrogens (tertiary/aromatic N) is 1. The number of amides is 1. The van der Waals surface area contributed by atoms with E-state index in [4.69, 9.17) is 5.73 Å². The fourth-order valence-electron chi connectivity index (χ4n) is 1.75. The van der Waals surface area contributed by atoms with Gasteiger partial charge in [0.2, 0.25) is 0 Å². The topological polar surface area (TPSA) is 46.3 Å². The SMILES string of the molecule is CCN(C(=O)c1cccc(N)c1)C(C)(C)C. The summed E-state index contributed by atoms with van der Waals surface area (Å²) in [5.74, 6) is 0.0299. The van der Waals surface area contributed by atoms with Gasteiger partial charge in [0.05, 0.1) is 0 Å². The number of hydrogen-bond acceptors (Lipinski definition) is 2. The van der Waals surface area contributed by atoms with Crippen molar-refractivity contribution in [3.05, 3.63) is 29.8 Å². The molecular formula is C13H20N2O. The molecule has 0 heterocycles. The molecule has 0 saturated heterocycles. The fraction of sp³-hybridized carbons (Fsp3) is 0.462. The first-order valence-electron chi connectivity index (χ1n) is 5.53. The first-order chi connectivity index (χ1) is 7.36. The van der Waals surface area contributed by atoms with Gasteiger partial charge in [0.15, 0.2) is 0 Å². The lowest BCUT2D eigenvalue weighted by molar-refractivity contribution is 0.0599. The predicted molar refractivity (Wildman–Crippen MR) is 67.3 cm³/mol. The van der Waals surface area contributed by atoms with Crippen molar-refractivity contribution in [3.63, 3.8) is 0 Å². The van der Waals surface area contributed by atoms with Crippen molar-refractivity contribution in [2.45, 2.75) is 33.2 Å². The van der Waals surface area contributed by atoms with Crippen molar-refractivity contribution < 1.29 is 4.79 Å². The van der Waals surface area contributed by atoms with Gasteiger partial charge in [-0.3, -0.25) is 4.79 Å². The number of nitrogen functional groups attached to an aromatic ring is 1. The lowest BCUT2D eigenvalue weighted by Gasteiger charge is -2.35. The molecule has 0 saturated carbocycles. The van der Waals surface area contributed by atoms with Crippen molar-refractivity contribution in [1.29, 1.82) is 0 Å². The summed E-state index contributed by atoms with van der Waals surface area (Å²) in [5, 5.41) is 0. The van der Waals surface area contributed by atoms with Gasteiger partial charge in [-0.05, 0) is 45.9 Å². The quantitative estimate of drug-likeness (QED) is 0.778. The van der Waals surface area contributed by atoms with Gasteiger partial charge in [-0.1, -0.05) is 6.07 Å². The lowest BCUT2D eigenvalue weighted by Crippen LogP contribution is -2.45. The summed E-state index contributed by atoms with van der Waals surface area (Å²) in [5.41, 5.74) is 6.78. The van der Waals surface area contributed by atoms with E-state index in [1.54, 1.807) is 24.3 Å². The molecule has 0 atom stereocenters. The molecule has 88 valence electrons. The van der Waals surface area contributed by atoms with E-state index in [1.165, 1.54) is 0 Å². The van der Waals surface area contributed by atoms with Crippen molar-refractivity contribution >= 4 is 11.6 Å². The highest BCUT2D eigenvalue weighted by Crippen LogP contribution is 2.18. The maximum absolute atomic E-state index is 12.2. The van der Waals surface area contributed by atoms with Crippen LogP contribution >= 0.6 is 0 Å². The van der Waals surface area contributed by atoms with Gasteiger partial charge in [-0.15, -0.1) is 0 Å². The van der Waals surface area contributed by atoms with E-state index < -0.39 is 0 Å². The molecule has 0 radical (unpaired) electrons. The zero-order valence-corrected chi connectivity index (χ0v) is 10.4. The van der Waals surface area contributed by atoms with Gasteiger partial charge in [0.25, 0.3) is 5.91 Å². The molecule has 0 fully saturated rings. The summed E-state index contributed by atoms with van der Waals surface area (Å²) >= 11 is 0. The summed E-state index contributed by atoms with van der Waals surface area (Å²) < 4.78 is 0. The Morgan fingerprint density at radius 3 is 2.44 bits per heavy atom. The van der Waals surface area contributed by atoms with E-state index in [-0.39, 0.29) is 11.4 Å². The van der Waals surface area contributed by atoms with Gasteiger partial charge in [-0.2, -0.15) is 0 Å². The normalized spacial score (nSPS) is 11.2. The molecule has 0 aliphatic heterocycles. The molecular weight excluding hydrogens is 200 g/mol. The molecule has 0 unspecified atom stereocenters. The maximum atomic E-state index is 12.2. The van der Waals surface area contributed by atoms with Gasteiger partial charge in [-0.25, -0.2) is 0 Å². The molecule has 3 heteroatoms. The molecule has 1 aromatic rings. The Hall–Kier alpha value is -1.51. The number of hydrogen-bond donors (Lipinski definition) is 1. The minimum Gasteiger partial charge on any atom is -0.399 e. The summed E-state index contributed by atoms with van der Waals surface area (Å²) in [6, 6.07) is 7.10. The van der Waals surface area contributed by atoms with Gasteiger partial charge in [0, 0.05) is 23.3 Å². The zero-order chi connectivity index (χ0) is 12.3. The molecule has 3 nitrogen and oxygen atoms in total. The average molecular weight is 220 g/mol. The highest BCUT2D eigenvalue weighted by molar-refractivity contribution is 5.95. The number of nitrogens with two attached hydrogens (primary N) is 1. The van der Waals surface area contributed by atoms with E-state index in [2.05, 4.69) is 0 Å². The molecule has 1 rings (SSSR count). The maximum Gasteiger partial charge on any atom is 0.254 e. The first-order valence-corrected chi connectivity index (χ1v) is 5.53. The molecule has 1 aromatic carbocycles. The van der Waals surface area contributed by atoms with E-state index in [9.17, 15) is 4.79 Å². The van der Waals surface area contributed by atoms with E-state index >= 15 is 0 Å². The molecule has 0 aliphatic rings. The van der Waals surface area contributed by atoms with Crippen LogP contribution < -0.4 is 5.73 Å². The average Bonchev–Trinajstić information content (AvgIpc) is 2.16. The van der Waals surface area contributed by atoms with Crippen molar-refractivity contribution in [2.24, 2.45) is 0 Å². The van der Waals surface area contributed by atoms with E-state index in [0.29, 0.717) is 17.8 Å². The van der Waals surface area contributed by atoms with Crippen LogP contribution in [0.25, 0.3) is 0 Å². The van der Waals surface area contributed by atoms with Crippen LogP contribution in [0.1, 0.15) is 38.1 Å². The minimum absolute atomic E-state index is 0.0299. The second-order valence-electron chi connectivity index (χ2n) is 4.85. The Labute approximate surface area is 97.2 Å². The third-order valence-corrected chi connectivity index (χ3v) is 2.50. The number of carbonyl (C=O) groups is 1. The highest BCUT2D eigenvalue weighted by Gasteiger charge is 2.25. The monoisotopic (exact) mass is 220 g/mol. The first kappa shape index (κ1) is 12.6. The van der Waals surface area contributed by atoms with Crippen LogP contribution in [-0.4, -0.2) is 22.9 Å². The second-order valence-corrected chi connectivity index (χ2v) is 4.85. The van der Waals surface area contributed by atoms with Crippen LogP contribution in [-0.2, 0) is 0 Å². The molecule has 16 heavy (non-hydrogen) atoms. The molecule has 0 spiro atoms. The Balaban J connectivity index is 3.01. The molecule has 0 aliphatic carbocycles. The smallest absolute Gasteiger partial charge is 0.254 e. The fourth-order valence-corrected chi connectivity index (χ4v) is 1.75. The number of rotatable bonds is 2. The van der Waals surface area contributed by atoms with Crippen molar-refractivity contribution in [2.75, 3.05) is 12.3 Å². The Morgan fingerprint density at radius 1 is 1.38 bits per heavy atom. The minimum atomic E-state index is -0.170. The summed E-state index contributed by atoms with van der Waals surface area (Å²) in [7, 11) is 0. The van der Waals surface area contributed by atoms with Crippen LogP contribution in [0.3, 0.4) is 0 Å². The van der Waals surface area contributed by atoms with E-state index in [0.717, 1.165) is 0 Å². The van der Waals surface area contributed by atoms with Crippen LogP contribution in [0.5, 0.6) is 0 Å². The van der Waals surface area contributed by atoms with Crippen molar-refractivity contribution in [1.82, 2.24) is 4.90 Å². The van der Waals surface area contributed by atoms with Crippen LogP contribution in [0.2, 0.25) is 0 Å². The third-order valence-electron chi connectivity index (χ3n) is 2.50. The Morgan fingerprint density at radius 2 is 2.00 bits per heavy atom. The van der Waals surface area contributed by atoms with Crippen molar-refractivity contribution in [3.8, 4) is 0 Å². The number of anilines is 1. The third kappa shape index (κ3) is 2.75. The predicted octanol–water partition coefficient (Wildman–Crippen LogP) is 2.53. The Kier molecular flexibility index (Phi) is 3.58. The number of benzene rings is 1. The highest BCUT2D eigenvalue weighted by atomic mass is 16.2. The van der Waals surface area contributed by atoms with Crippen LogP contribution in [0.15, 0.2) is 24.3 Å². The Bertz CT molecular complexity index is 380. The molecule has 2 N–H and O–H groups in total. The van der Waals surface area contributed by atoms with Crippen LogP contribution in [0, 0.1) is 0 Å². The zero-order valence-electron chi connectivity index (χ0n) is 10.4. The molecule has 1 amide bonds. The number of carbonyl (C=O) groups excluding carboxylic acids is 1. The summed E-state index contributed by atoms with van der Waals surface area (Å²) in [4.78, 5) is 14.1. The van der Waals surface area contributed by atoms with Gasteiger partial charge >= 0.3 is 0 Å². The molecule has 0 bridgehead atoms. The van der Waals surface area contributed by atoms with E-state index in [1.807, 2.05) is 32.6 Å². The lowest BCUT2D eigenvalue weighted by atomic mass is 10.0. The largest absolute Gasteiger partial charge is 0.399 e. The standard InChI is InChI=1S/C13H20N2O/c1-5-15(13(2,3)4)12(16)10-7-6-8-11(14)9-10/h6-9H,5,14H2,1-4H3. The summed E-state index contributed by atoms with van der Waals surface area (Å²) in [6.07, 6.45) is 0. The summed E-state index contributed by atoms with van der Waals surface area (Å²) in [6.45, 7) is 8.76. The van der Waals surface area contributed by atoms with Crippen LogP contribution in [0.4, 0.5) is 5.69 Å². The molecule has 0 aromatic heterocycles.